The highest BCUT2D eigenvalue weighted by molar-refractivity contribution is 6.30. The van der Waals surface area contributed by atoms with Crippen molar-refractivity contribution in [3.63, 3.8) is 0 Å². The Morgan fingerprint density at radius 3 is 2.58 bits per heavy atom. The van der Waals surface area contributed by atoms with Gasteiger partial charge >= 0.3 is 5.97 Å². The van der Waals surface area contributed by atoms with Gasteiger partial charge in [0.1, 0.15) is 17.8 Å². The summed E-state index contributed by atoms with van der Waals surface area (Å²) >= 11 is 5.80. The van der Waals surface area contributed by atoms with Crippen molar-refractivity contribution in [2.45, 2.75) is 20.8 Å². The van der Waals surface area contributed by atoms with Crippen LogP contribution < -0.4 is 4.74 Å². The van der Waals surface area contributed by atoms with E-state index in [9.17, 15) is 9.59 Å². The van der Waals surface area contributed by atoms with Gasteiger partial charge in [0.25, 0.3) is 0 Å². The third-order valence-electron chi connectivity index (χ3n) is 2.65. The molecule has 0 bridgehead atoms. The minimum absolute atomic E-state index is 0.202. The molecule has 5 heteroatoms. The lowest BCUT2D eigenvalue weighted by Gasteiger charge is -2.20. The van der Waals surface area contributed by atoms with E-state index in [1.165, 1.54) is 13.8 Å². The zero-order valence-corrected chi connectivity index (χ0v) is 12.0. The van der Waals surface area contributed by atoms with Gasteiger partial charge in [-0.2, -0.15) is 0 Å². The normalized spacial score (nSPS) is 10.9. The van der Waals surface area contributed by atoms with E-state index in [1.807, 2.05) is 0 Å². The van der Waals surface area contributed by atoms with Crippen molar-refractivity contribution < 1.29 is 19.1 Å². The van der Waals surface area contributed by atoms with Gasteiger partial charge < -0.3 is 9.47 Å². The molecule has 0 aliphatic rings. The molecule has 0 unspecified atom stereocenters. The molecule has 0 radical (unpaired) electrons. The summed E-state index contributed by atoms with van der Waals surface area (Å²) in [5.41, 5.74) is -1.21. The van der Waals surface area contributed by atoms with E-state index >= 15 is 0 Å². The third kappa shape index (κ3) is 4.24. The first kappa shape index (κ1) is 15.5. The molecule has 0 aromatic heterocycles. The van der Waals surface area contributed by atoms with Crippen LogP contribution in [0.3, 0.4) is 0 Å². The number of hydrogen-bond donors (Lipinski definition) is 0. The number of Topliss-reactive ketones (excluding diaryl/α,β-unsaturated/α-hetero) is 1. The average Bonchev–Trinajstić information content (AvgIpc) is 2.36. The second-order valence-corrected chi connectivity index (χ2v) is 4.95. The maximum absolute atomic E-state index is 12.0. The molecule has 4 nitrogen and oxygen atoms in total. The molecule has 0 spiro atoms. The Balaban J connectivity index is 2.62. The number of carbonyl (C=O) groups is 2. The van der Waals surface area contributed by atoms with Gasteiger partial charge in [0, 0.05) is 5.02 Å². The van der Waals surface area contributed by atoms with E-state index in [0.29, 0.717) is 10.8 Å². The van der Waals surface area contributed by atoms with E-state index in [4.69, 9.17) is 21.1 Å². The number of ether oxygens (including phenoxy) is 2. The third-order valence-corrected chi connectivity index (χ3v) is 2.88. The van der Waals surface area contributed by atoms with Gasteiger partial charge in [0.2, 0.25) is 0 Å². The smallest absolute Gasteiger partial charge is 0.319 e. The molecule has 104 valence electrons. The Kier molecular flexibility index (Phi) is 5.36. The number of halogens is 1. The largest absolute Gasteiger partial charge is 0.486 e. The summed E-state index contributed by atoms with van der Waals surface area (Å²) in [6.07, 6.45) is 0. The van der Waals surface area contributed by atoms with E-state index in [1.54, 1.807) is 31.2 Å². The lowest BCUT2D eigenvalue weighted by molar-refractivity contribution is -0.158. The van der Waals surface area contributed by atoms with Crippen LogP contribution >= 0.6 is 11.6 Å². The Morgan fingerprint density at radius 2 is 2.00 bits per heavy atom. The van der Waals surface area contributed by atoms with Gasteiger partial charge in [-0.05, 0) is 39.0 Å². The Hall–Kier alpha value is -1.55. The molecule has 0 saturated heterocycles. The van der Waals surface area contributed by atoms with Gasteiger partial charge in [0.05, 0.1) is 6.61 Å². The quantitative estimate of drug-likeness (QED) is 0.595. The summed E-state index contributed by atoms with van der Waals surface area (Å²) in [7, 11) is 0. The molecule has 0 amide bonds. The molecule has 0 atom stereocenters. The van der Waals surface area contributed by atoms with Gasteiger partial charge in [-0.15, -0.1) is 0 Å². The predicted octanol–water partition coefficient (Wildman–Crippen LogP) is 2.88. The van der Waals surface area contributed by atoms with Crippen LogP contribution in [0, 0.1) is 5.41 Å². The zero-order valence-electron chi connectivity index (χ0n) is 11.2. The molecular formula is C14H17ClO4. The van der Waals surface area contributed by atoms with Crippen LogP contribution in [0.25, 0.3) is 0 Å². The SMILES string of the molecule is CCOC(=O)C(C)(C)C(=O)COc1cccc(Cl)c1. The highest BCUT2D eigenvalue weighted by Gasteiger charge is 2.37. The van der Waals surface area contributed by atoms with Crippen molar-refractivity contribution in [1.82, 2.24) is 0 Å². The maximum Gasteiger partial charge on any atom is 0.319 e. The minimum atomic E-state index is -1.21. The van der Waals surface area contributed by atoms with E-state index in [-0.39, 0.29) is 19.0 Å². The van der Waals surface area contributed by atoms with Crippen LogP contribution in [-0.2, 0) is 14.3 Å². The van der Waals surface area contributed by atoms with Crippen molar-refractivity contribution in [3.8, 4) is 5.75 Å². The molecule has 0 saturated carbocycles. The van der Waals surface area contributed by atoms with Crippen LogP contribution in [0.5, 0.6) is 5.75 Å². The highest BCUT2D eigenvalue weighted by Crippen LogP contribution is 2.21. The van der Waals surface area contributed by atoms with Crippen molar-refractivity contribution in [2.24, 2.45) is 5.41 Å². The van der Waals surface area contributed by atoms with Crippen molar-refractivity contribution in [2.75, 3.05) is 13.2 Å². The fourth-order valence-corrected chi connectivity index (χ4v) is 1.49. The van der Waals surface area contributed by atoms with E-state index < -0.39 is 11.4 Å². The minimum Gasteiger partial charge on any atom is -0.486 e. The number of hydrogen-bond acceptors (Lipinski definition) is 4. The average molecular weight is 285 g/mol. The molecule has 1 rings (SSSR count). The Morgan fingerprint density at radius 1 is 1.32 bits per heavy atom. The molecule has 1 aromatic rings. The summed E-state index contributed by atoms with van der Waals surface area (Å²) in [4.78, 5) is 23.6. The molecule has 0 N–H and O–H groups in total. The first-order valence-corrected chi connectivity index (χ1v) is 6.34. The Bertz CT molecular complexity index is 468. The van der Waals surface area contributed by atoms with E-state index in [2.05, 4.69) is 0 Å². The molecule has 0 heterocycles. The number of carbonyl (C=O) groups excluding carboxylic acids is 2. The first-order chi connectivity index (χ1) is 8.87. The van der Waals surface area contributed by atoms with Gasteiger partial charge in [-0.25, -0.2) is 0 Å². The lowest BCUT2D eigenvalue weighted by Crippen LogP contribution is -2.38. The number of benzene rings is 1. The monoisotopic (exact) mass is 284 g/mol. The van der Waals surface area contributed by atoms with Gasteiger partial charge in [-0.1, -0.05) is 17.7 Å². The fourth-order valence-electron chi connectivity index (χ4n) is 1.31. The van der Waals surface area contributed by atoms with Gasteiger partial charge in [-0.3, -0.25) is 9.59 Å². The number of esters is 1. The summed E-state index contributed by atoms with van der Waals surface area (Å²) in [6.45, 7) is 4.78. The molecule has 0 aliphatic carbocycles. The number of rotatable bonds is 6. The predicted molar refractivity (Wildman–Crippen MR) is 72.4 cm³/mol. The topological polar surface area (TPSA) is 52.6 Å². The summed E-state index contributed by atoms with van der Waals surface area (Å²) < 4.78 is 10.2. The zero-order chi connectivity index (χ0) is 14.5. The second kappa shape index (κ2) is 6.57. The van der Waals surface area contributed by atoms with Crippen LogP contribution in [0.1, 0.15) is 20.8 Å². The van der Waals surface area contributed by atoms with Crippen LogP contribution in [0.15, 0.2) is 24.3 Å². The molecule has 1 aromatic carbocycles. The highest BCUT2D eigenvalue weighted by atomic mass is 35.5. The fraction of sp³-hybridized carbons (Fsp3) is 0.429. The molecular weight excluding hydrogens is 268 g/mol. The van der Waals surface area contributed by atoms with Crippen LogP contribution in [-0.4, -0.2) is 25.0 Å². The summed E-state index contributed by atoms with van der Waals surface area (Å²) in [5.74, 6) is -0.402. The second-order valence-electron chi connectivity index (χ2n) is 4.51. The molecule has 0 fully saturated rings. The first-order valence-electron chi connectivity index (χ1n) is 5.96. The summed E-state index contributed by atoms with van der Waals surface area (Å²) in [6, 6.07) is 6.72. The van der Waals surface area contributed by atoms with Gasteiger partial charge in [0.15, 0.2) is 5.78 Å². The van der Waals surface area contributed by atoms with Crippen molar-refractivity contribution >= 4 is 23.4 Å². The summed E-state index contributed by atoms with van der Waals surface area (Å²) in [5, 5.41) is 0.523. The van der Waals surface area contributed by atoms with Crippen LogP contribution in [0.4, 0.5) is 0 Å². The molecule has 19 heavy (non-hydrogen) atoms. The van der Waals surface area contributed by atoms with E-state index in [0.717, 1.165) is 0 Å². The maximum atomic E-state index is 12.0. The van der Waals surface area contributed by atoms with Crippen molar-refractivity contribution in [1.29, 1.82) is 0 Å². The van der Waals surface area contributed by atoms with Crippen molar-refractivity contribution in [3.05, 3.63) is 29.3 Å². The standard InChI is InChI=1S/C14H17ClO4/c1-4-18-13(17)14(2,3)12(16)9-19-11-7-5-6-10(15)8-11/h5-8H,4,9H2,1-3H3. The lowest BCUT2D eigenvalue weighted by atomic mass is 9.88. The Labute approximate surface area is 117 Å². The number of ketones is 1. The molecule has 0 aliphatic heterocycles. The van der Waals surface area contributed by atoms with Crippen LogP contribution in [0.2, 0.25) is 5.02 Å².